The molecule has 6 heteroatoms. The van der Waals surface area contributed by atoms with Crippen LogP contribution in [-0.2, 0) is 13.6 Å². The fraction of sp³-hybridized carbons (Fsp3) is 0.214. The maximum absolute atomic E-state index is 11.2. The molecule has 0 bridgehead atoms. The Kier molecular flexibility index (Phi) is 2.78. The topological polar surface area (TPSA) is 72.9 Å². The van der Waals surface area contributed by atoms with Crippen LogP contribution in [0.2, 0.25) is 0 Å². The van der Waals surface area contributed by atoms with E-state index in [1.54, 1.807) is 12.1 Å². The summed E-state index contributed by atoms with van der Waals surface area (Å²) < 4.78 is 3.90. The van der Waals surface area contributed by atoms with E-state index < -0.39 is 5.97 Å². The zero-order valence-corrected chi connectivity index (χ0v) is 11.2. The van der Waals surface area contributed by atoms with Crippen LogP contribution in [0.1, 0.15) is 22.0 Å². The number of nitrogens with zero attached hydrogens (tertiary/aromatic N) is 4. The maximum Gasteiger partial charge on any atom is 0.336 e. The van der Waals surface area contributed by atoms with Crippen LogP contribution in [0.4, 0.5) is 0 Å². The summed E-state index contributed by atoms with van der Waals surface area (Å²) in [5, 5.41) is 18.1. The quantitative estimate of drug-likeness (QED) is 0.788. The summed E-state index contributed by atoms with van der Waals surface area (Å²) in [5.74, 6) is 0.770. The summed E-state index contributed by atoms with van der Waals surface area (Å²) in [4.78, 5) is 11.2. The minimum absolute atomic E-state index is 0.315. The molecule has 20 heavy (non-hydrogen) atoms. The standard InChI is InChI=1S/C14H14N4O2/c1-9-15-16-13(17(9)2)8-18-7-6-10-11(14(19)20)4-3-5-12(10)18/h3-7H,8H2,1-2H3,(H,19,20). The Morgan fingerprint density at radius 1 is 1.30 bits per heavy atom. The van der Waals surface area contributed by atoms with Crippen molar-refractivity contribution in [3.8, 4) is 0 Å². The molecule has 0 atom stereocenters. The monoisotopic (exact) mass is 270 g/mol. The van der Waals surface area contributed by atoms with Gasteiger partial charge in [0, 0.05) is 24.1 Å². The summed E-state index contributed by atoms with van der Waals surface area (Å²) in [6.07, 6.45) is 1.88. The molecule has 0 fully saturated rings. The Labute approximate surface area is 115 Å². The third-order valence-corrected chi connectivity index (χ3v) is 3.54. The van der Waals surface area contributed by atoms with Crippen LogP contribution < -0.4 is 0 Å². The Hall–Kier alpha value is -2.63. The fourth-order valence-corrected chi connectivity index (χ4v) is 2.29. The molecule has 0 unspecified atom stereocenters. The summed E-state index contributed by atoms with van der Waals surface area (Å²) in [7, 11) is 1.92. The van der Waals surface area contributed by atoms with Gasteiger partial charge in [-0.25, -0.2) is 4.79 Å². The number of rotatable bonds is 3. The van der Waals surface area contributed by atoms with Crippen molar-refractivity contribution in [1.82, 2.24) is 19.3 Å². The van der Waals surface area contributed by atoms with Crippen LogP contribution >= 0.6 is 0 Å². The number of carboxylic acid groups (broad SMARTS) is 1. The van der Waals surface area contributed by atoms with Gasteiger partial charge in [0.25, 0.3) is 0 Å². The lowest BCUT2D eigenvalue weighted by Crippen LogP contribution is -2.06. The number of aryl methyl sites for hydroxylation is 1. The highest BCUT2D eigenvalue weighted by Crippen LogP contribution is 2.21. The molecule has 3 rings (SSSR count). The van der Waals surface area contributed by atoms with Gasteiger partial charge in [0.05, 0.1) is 12.1 Å². The molecule has 1 N–H and O–H groups in total. The summed E-state index contributed by atoms with van der Waals surface area (Å²) in [6, 6.07) is 7.10. The van der Waals surface area contributed by atoms with Crippen LogP contribution in [-0.4, -0.2) is 30.4 Å². The molecular formula is C14H14N4O2. The van der Waals surface area contributed by atoms with Crippen molar-refractivity contribution in [3.05, 3.63) is 47.7 Å². The van der Waals surface area contributed by atoms with Crippen LogP contribution in [0.5, 0.6) is 0 Å². The van der Waals surface area contributed by atoms with E-state index in [1.165, 1.54) is 0 Å². The Morgan fingerprint density at radius 2 is 2.10 bits per heavy atom. The molecule has 0 saturated carbocycles. The average molecular weight is 270 g/mol. The SMILES string of the molecule is Cc1nnc(Cn2ccc3c(C(=O)O)cccc32)n1C. The molecule has 0 aliphatic carbocycles. The predicted octanol–water partition coefficient (Wildman–Crippen LogP) is 1.82. The second-order valence-electron chi connectivity index (χ2n) is 4.71. The van der Waals surface area contributed by atoms with Crippen molar-refractivity contribution in [2.45, 2.75) is 13.5 Å². The smallest absolute Gasteiger partial charge is 0.336 e. The first-order valence-electron chi connectivity index (χ1n) is 6.24. The van der Waals surface area contributed by atoms with Gasteiger partial charge in [0.1, 0.15) is 5.82 Å². The molecule has 0 saturated heterocycles. The normalized spacial score (nSPS) is 11.1. The van der Waals surface area contributed by atoms with Gasteiger partial charge in [-0.1, -0.05) is 6.07 Å². The number of hydrogen-bond donors (Lipinski definition) is 1. The number of fused-ring (bicyclic) bond motifs is 1. The Bertz CT molecular complexity index is 801. The minimum atomic E-state index is -0.914. The minimum Gasteiger partial charge on any atom is -0.478 e. The summed E-state index contributed by atoms with van der Waals surface area (Å²) in [5.41, 5.74) is 1.20. The lowest BCUT2D eigenvalue weighted by Gasteiger charge is -2.06. The number of carbonyl (C=O) groups is 1. The van der Waals surface area contributed by atoms with Gasteiger partial charge in [-0.2, -0.15) is 0 Å². The zero-order chi connectivity index (χ0) is 14.3. The largest absolute Gasteiger partial charge is 0.478 e. The van der Waals surface area contributed by atoms with Crippen LogP contribution in [0.15, 0.2) is 30.5 Å². The van der Waals surface area contributed by atoms with Crippen molar-refractivity contribution < 1.29 is 9.90 Å². The molecule has 0 aliphatic rings. The molecule has 0 amide bonds. The van der Waals surface area contributed by atoms with E-state index in [9.17, 15) is 9.90 Å². The zero-order valence-electron chi connectivity index (χ0n) is 11.2. The van der Waals surface area contributed by atoms with E-state index in [-0.39, 0.29) is 0 Å². The number of aromatic carboxylic acids is 1. The van der Waals surface area contributed by atoms with Gasteiger partial charge in [0.15, 0.2) is 5.82 Å². The third-order valence-electron chi connectivity index (χ3n) is 3.54. The number of aromatic nitrogens is 4. The van der Waals surface area contributed by atoms with E-state index in [0.29, 0.717) is 12.1 Å². The van der Waals surface area contributed by atoms with Crippen molar-refractivity contribution in [2.24, 2.45) is 7.05 Å². The van der Waals surface area contributed by atoms with E-state index in [2.05, 4.69) is 10.2 Å². The molecule has 6 nitrogen and oxygen atoms in total. The Balaban J connectivity index is 2.07. The van der Waals surface area contributed by atoms with E-state index >= 15 is 0 Å². The van der Waals surface area contributed by atoms with Gasteiger partial charge >= 0.3 is 5.97 Å². The third kappa shape index (κ3) is 1.85. The second kappa shape index (κ2) is 4.48. The molecule has 102 valence electrons. The molecule has 0 radical (unpaired) electrons. The summed E-state index contributed by atoms with van der Waals surface area (Å²) >= 11 is 0. The fourth-order valence-electron chi connectivity index (χ4n) is 2.29. The number of hydrogen-bond acceptors (Lipinski definition) is 3. The molecule has 3 aromatic rings. The molecule has 1 aromatic carbocycles. The van der Waals surface area contributed by atoms with Crippen molar-refractivity contribution in [1.29, 1.82) is 0 Å². The average Bonchev–Trinajstić information content (AvgIpc) is 2.97. The first kappa shape index (κ1) is 12.4. The molecule has 0 aliphatic heterocycles. The first-order chi connectivity index (χ1) is 9.58. The van der Waals surface area contributed by atoms with Crippen LogP contribution in [0.25, 0.3) is 10.9 Å². The van der Waals surface area contributed by atoms with Gasteiger partial charge in [-0.15, -0.1) is 10.2 Å². The molecule has 2 heterocycles. The number of carboxylic acids is 1. The highest BCUT2D eigenvalue weighted by Gasteiger charge is 2.12. The highest BCUT2D eigenvalue weighted by atomic mass is 16.4. The first-order valence-corrected chi connectivity index (χ1v) is 6.24. The van der Waals surface area contributed by atoms with Crippen LogP contribution in [0.3, 0.4) is 0 Å². The van der Waals surface area contributed by atoms with Crippen molar-refractivity contribution in [2.75, 3.05) is 0 Å². The molecular weight excluding hydrogens is 256 g/mol. The lowest BCUT2D eigenvalue weighted by atomic mass is 10.1. The van der Waals surface area contributed by atoms with Gasteiger partial charge in [-0.3, -0.25) is 0 Å². The van der Waals surface area contributed by atoms with Crippen LogP contribution in [0, 0.1) is 6.92 Å². The lowest BCUT2D eigenvalue weighted by molar-refractivity contribution is 0.0699. The predicted molar refractivity (Wildman–Crippen MR) is 73.7 cm³/mol. The Morgan fingerprint density at radius 3 is 2.75 bits per heavy atom. The van der Waals surface area contributed by atoms with Gasteiger partial charge in [-0.05, 0) is 25.1 Å². The number of benzene rings is 1. The van der Waals surface area contributed by atoms with E-state index in [0.717, 1.165) is 22.6 Å². The second-order valence-corrected chi connectivity index (χ2v) is 4.71. The summed E-state index contributed by atoms with van der Waals surface area (Å²) in [6.45, 7) is 2.46. The van der Waals surface area contributed by atoms with E-state index in [1.807, 2.05) is 41.4 Å². The van der Waals surface area contributed by atoms with Gasteiger partial charge < -0.3 is 14.2 Å². The maximum atomic E-state index is 11.2. The van der Waals surface area contributed by atoms with Crippen molar-refractivity contribution >= 4 is 16.9 Å². The van der Waals surface area contributed by atoms with Gasteiger partial charge in [0.2, 0.25) is 0 Å². The molecule has 0 spiro atoms. The molecule has 2 aromatic heterocycles. The van der Waals surface area contributed by atoms with Crippen molar-refractivity contribution in [3.63, 3.8) is 0 Å². The van der Waals surface area contributed by atoms with E-state index in [4.69, 9.17) is 0 Å². The highest BCUT2D eigenvalue weighted by molar-refractivity contribution is 6.02.